The molecular weight excluding hydrogens is 372 g/mol. The molecule has 0 saturated carbocycles. The summed E-state index contributed by atoms with van der Waals surface area (Å²) in [7, 11) is -1.94. The Bertz CT molecular complexity index is 1100. The van der Waals surface area contributed by atoms with Crippen molar-refractivity contribution in [2.24, 2.45) is 17.3 Å². The molecule has 3 rings (SSSR count). The van der Waals surface area contributed by atoms with E-state index >= 15 is 0 Å². The molecule has 0 unspecified atom stereocenters. The molecule has 0 saturated heterocycles. The molecule has 1 N–H and O–H groups in total. The molecule has 0 atom stereocenters. The highest BCUT2D eigenvalue weighted by Crippen LogP contribution is 2.15. The van der Waals surface area contributed by atoms with Gasteiger partial charge in [0.25, 0.3) is 10.1 Å². The van der Waals surface area contributed by atoms with Gasteiger partial charge in [0, 0.05) is 31.2 Å². The van der Waals surface area contributed by atoms with E-state index in [4.69, 9.17) is 4.55 Å². The molecule has 136 valence electrons. The number of benzene rings is 1. The Hall–Kier alpha value is -2.36. The minimum absolute atomic E-state index is 0.242. The van der Waals surface area contributed by atoms with Gasteiger partial charge in [-0.25, -0.2) is 4.57 Å². The van der Waals surface area contributed by atoms with Gasteiger partial charge in [0.15, 0.2) is 12.4 Å². The lowest BCUT2D eigenvalue weighted by atomic mass is 10.3. The number of para-hydroxylation sites is 1. The molecule has 0 fully saturated rings. The standard InChI is InChI=1S/C17H18N4O3S2/c1-20-15-5-2-3-6-16(15)25-17(20)19-18-13-14-7-10-21(11-8-14)9-4-12-26(22,23)24/h2-3,5-8,10-11,13H,4,9,12H2,1H3/p+1. The van der Waals surface area contributed by atoms with Crippen LogP contribution >= 0.6 is 11.3 Å². The number of aryl methyl sites for hydroxylation is 2. The summed E-state index contributed by atoms with van der Waals surface area (Å²) in [4.78, 5) is 0.818. The molecule has 3 aromatic rings. The van der Waals surface area contributed by atoms with Crippen LogP contribution in [0.15, 0.2) is 59.0 Å². The first-order valence-electron chi connectivity index (χ1n) is 7.98. The molecule has 0 amide bonds. The van der Waals surface area contributed by atoms with E-state index in [9.17, 15) is 8.42 Å². The molecule has 0 radical (unpaired) electrons. The van der Waals surface area contributed by atoms with Crippen molar-refractivity contribution in [1.82, 2.24) is 4.57 Å². The second-order valence-corrected chi connectivity index (χ2v) is 8.35. The van der Waals surface area contributed by atoms with Crippen LogP contribution < -0.4 is 9.37 Å². The number of pyridine rings is 1. The van der Waals surface area contributed by atoms with Crippen molar-refractivity contribution in [2.45, 2.75) is 13.0 Å². The average molecular weight is 391 g/mol. The molecule has 2 heterocycles. The lowest BCUT2D eigenvalue weighted by Gasteiger charge is -1.96. The van der Waals surface area contributed by atoms with Crippen LogP contribution in [0.5, 0.6) is 0 Å². The summed E-state index contributed by atoms with van der Waals surface area (Å²) in [5.41, 5.74) is 2.01. The van der Waals surface area contributed by atoms with Crippen LogP contribution in [0.3, 0.4) is 0 Å². The Kier molecular flexibility index (Phi) is 5.60. The maximum Gasteiger partial charge on any atom is 0.265 e. The Morgan fingerprint density at radius 3 is 2.65 bits per heavy atom. The fourth-order valence-electron chi connectivity index (χ4n) is 2.46. The quantitative estimate of drug-likeness (QED) is 0.300. The number of rotatable bonds is 6. The maximum absolute atomic E-state index is 10.7. The van der Waals surface area contributed by atoms with Gasteiger partial charge in [0.1, 0.15) is 6.54 Å². The molecule has 0 aliphatic rings. The predicted molar refractivity (Wildman–Crippen MR) is 102 cm³/mol. The molecule has 2 aromatic heterocycles. The lowest BCUT2D eigenvalue weighted by molar-refractivity contribution is -0.696. The zero-order chi connectivity index (χ0) is 18.6. The summed E-state index contributed by atoms with van der Waals surface area (Å²) in [6, 6.07) is 11.8. The number of nitrogens with zero attached hydrogens (tertiary/aromatic N) is 4. The number of thiazole rings is 1. The van der Waals surface area contributed by atoms with Gasteiger partial charge in [-0.3, -0.25) is 4.55 Å². The van der Waals surface area contributed by atoms with Gasteiger partial charge < -0.3 is 4.57 Å². The van der Waals surface area contributed by atoms with E-state index in [1.807, 2.05) is 58.9 Å². The van der Waals surface area contributed by atoms with Crippen molar-refractivity contribution in [3.63, 3.8) is 0 Å². The molecule has 0 aliphatic heterocycles. The van der Waals surface area contributed by atoms with Gasteiger partial charge in [-0.15, -0.1) is 5.10 Å². The normalized spacial score (nSPS) is 13.1. The van der Waals surface area contributed by atoms with Crippen molar-refractivity contribution in [3.05, 3.63) is 59.2 Å². The monoisotopic (exact) mass is 391 g/mol. The summed E-state index contributed by atoms with van der Waals surface area (Å²) in [6.07, 6.45) is 5.71. The van der Waals surface area contributed by atoms with E-state index in [0.29, 0.717) is 13.0 Å². The first kappa shape index (κ1) is 18.4. The predicted octanol–water partition coefficient (Wildman–Crippen LogP) is 1.74. The highest BCUT2D eigenvalue weighted by Gasteiger charge is 2.07. The lowest BCUT2D eigenvalue weighted by Crippen LogP contribution is -2.33. The van der Waals surface area contributed by atoms with Crippen molar-refractivity contribution < 1.29 is 17.5 Å². The summed E-state index contributed by atoms with van der Waals surface area (Å²) in [6.45, 7) is 0.513. The third-order valence-electron chi connectivity index (χ3n) is 3.80. The van der Waals surface area contributed by atoms with E-state index in [-0.39, 0.29) is 5.75 Å². The van der Waals surface area contributed by atoms with Crippen LogP contribution in [0.2, 0.25) is 0 Å². The van der Waals surface area contributed by atoms with Crippen LogP contribution in [-0.2, 0) is 23.7 Å². The van der Waals surface area contributed by atoms with Gasteiger partial charge in [0.2, 0.25) is 4.80 Å². The zero-order valence-corrected chi connectivity index (χ0v) is 15.8. The smallest absolute Gasteiger partial charge is 0.265 e. The number of hydrogen-bond donors (Lipinski definition) is 1. The Morgan fingerprint density at radius 2 is 1.96 bits per heavy atom. The van der Waals surface area contributed by atoms with Gasteiger partial charge in [-0.05, 0) is 12.1 Å². The Morgan fingerprint density at radius 1 is 1.23 bits per heavy atom. The third-order valence-corrected chi connectivity index (χ3v) is 5.71. The van der Waals surface area contributed by atoms with E-state index in [1.165, 1.54) is 0 Å². The highest BCUT2D eigenvalue weighted by atomic mass is 32.2. The van der Waals surface area contributed by atoms with E-state index < -0.39 is 10.1 Å². The maximum atomic E-state index is 10.7. The second kappa shape index (κ2) is 7.90. The SMILES string of the molecule is Cn1c(=NN=Cc2cc[n+](CCCS(=O)(=O)O)cc2)sc2ccccc21. The van der Waals surface area contributed by atoms with E-state index in [0.717, 1.165) is 20.6 Å². The molecule has 0 spiro atoms. The summed E-state index contributed by atoms with van der Waals surface area (Å²) in [5.74, 6) is -0.242. The van der Waals surface area contributed by atoms with Crippen LogP contribution in [0.25, 0.3) is 10.2 Å². The fourth-order valence-corrected chi connectivity index (χ4v) is 3.93. The minimum atomic E-state index is -3.90. The van der Waals surface area contributed by atoms with Crippen molar-refractivity contribution in [3.8, 4) is 0 Å². The molecule has 9 heteroatoms. The number of fused-ring (bicyclic) bond motifs is 1. The molecule has 0 aliphatic carbocycles. The van der Waals surface area contributed by atoms with Gasteiger partial charge in [-0.2, -0.15) is 13.5 Å². The number of aromatic nitrogens is 2. The molecular formula is C17H19N4O3S2+. The van der Waals surface area contributed by atoms with Crippen LogP contribution in [0.4, 0.5) is 0 Å². The number of hydrogen-bond acceptors (Lipinski definition) is 5. The van der Waals surface area contributed by atoms with Crippen LogP contribution in [-0.4, -0.2) is 29.5 Å². The average Bonchev–Trinajstić information content (AvgIpc) is 2.92. The molecule has 7 nitrogen and oxygen atoms in total. The largest absolute Gasteiger partial charge is 0.318 e. The summed E-state index contributed by atoms with van der Waals surface area (Å²) in [5, 5.41) is 8.45. The summed E-state index contributed by atoms with van der Waals surface area (Å²) >= 11 is 1.58. The van der Waals surface area contributed by atoms with Crippen LogP contribution in [0.1, 0.15) is 12.0 Å². The minimum Gasteiger partial charge on any atom is -0.318 e. The molecule has 0 bridgehead atoms. The molecule has 26 heavy (non-hydrogen) atoms. The fraction of sp³-hybridized carbons (Fsp3) is 0.235. The van der Waals surface area contributed by atoms with E-state index in [1.54, 1.807) is 17.6 Å². The highest BCUT2D eigenvalue weighted by molar-refractivity contribution is 7.85. The van der Waals surface area contributed by atoms with Crippen LogP contribution in [0, 0.1) is 0 Å². The topological polar surface area (TPSA) is 87.9 Å². The first-order chi connectivity index (χ1) is 12.4. The van der Waals surface area contributed by atoms with Crippen molar-refractivity contribution >= 4 is 37.9 Å². The summed E-state index contributed by atoms with van der Waals surface area (Å²) < 4.78 is 35.2. The Labute approximate surface area is 155 Å². The molecule has 1 aromatic carbocycles. The van der Waals surface area contributed by atoms with Gasteiger partial charge >= 0.3 is 0 Å². The second-order valence-electron chi connectivity index (χ2n) is 5.76. The van der Waals surface area contributed by atoms with Crippen molar-refractivity contribution in [1.29, 1.82) is 0 Å². The first-order valence-corrected chi connectivity index (χ1v) is 10.4. The van der Waals surface area contributed by atoms with E-state index in [2.05, 4.69) is 16.3 Å². The van der Waals surface area contributed by atoms with Gasteiger partial charge in [-0.1, -0.05) is 23.5 Å². The van der Waals surface area contributed by atoms with Crippen molar-refractivity contribution in [2.75, 3.05) is 5.75 Å². The third kappa shape index (κ3) is 4.84. The Balaban J connectivity index is 1.67. The van der Waals surface area contributed by atoms with Gasteiger partial charge in [0.05, 0.1) is 22.2 Å². The zero-order valence-electron chi connectivity index (χ0n) is 14.2.